The smallest absolute Gasteiger partial charge is 0.335 e. The highest BCUT2D eigenvalue weighted by Gasteiger charge is 2.01. The first-order valence-corrected chi connectivity index (χ1v) is 6.87. The van der Waals surface area contributed by atoms with E-state index in [2.05, 4.69) is 16.0 Å². The van der Waals surface area contributed by atoms with E-state index in [1.165, 1.54) is 12.1 Å². The van der Waals surface area contributed by atoms with E-state index < -0.39 is 16.1 Å². The first-order chi connectivity index (χ1) is 8.38. The third kappa shape index (κ3) is 5.48. The number of carboxylic acid groups (broad SMARTS) is 1. The third-order valence-electron chi connectivity index (χ3n) is 1.87. The minimum Gasteiger partial charge on any atom is -0.478 e. The lowest BCUT2D eigenvalue weighted by Crippen LogP contribution is -2.03. The van der Waals surface area contributed by atoms with Crippen molar-refractivity contribution < 1.29 is 22.5 Å². The van der Waals surface area contributed by atoms with Gasteiger partial charge in [-0.1, -0.05) is 17.9 Å². The van der Waals surface area contributed by atoms with E-state index in [0.29, 0.717) is 5.56 Å². The van der Waals surface area contributed by atoms with E-state index >= 15 is 0 Å². The van der Waals surface area contributed by atoms with Crippen molar-refractivity contribution in [2.24, 2.45) is 0 Å². The molecule has 96 valence electrons. The maximum absolute atomic E-state index is 10.7. The average Bonchev–Trinajstić information content (AvgIpc) is 2.27. The van der Waals surface area contributed by atoms with Gasteiger partial charge in [-0.05, 0) is 18.2 Å². The molecule has 5 nitrogen and oxygen atoms in total. The molecule has 0 saturated carbocycles. The van der Waals surface area contributed by atoms with Crippen LogP contribution in [-0.2, 0) is 14.3 Å². The van der Waals surface area contributed by atoms with Crippen LogP contribution in [0.3, 0.4) is 0 Å². The quantitative estimate of drug-likeness (QED) is 0.502. The Morgan fingerprint density at radius 2 is 2.17 bits per heavy atom. The maximum Gasteiger partial charge on any atom is 0.335 e. The molecule has 1 N–H and O–H groups in total. The van der Waals surface area contributed by atoms with Crippen LogP contribution in [0.4, 0.5) is 0 Å². The van der Waals surface area contributed by atoms with Crippen molar-refractivity contribution in [3.63, 3.8) is 0 Å². The summed E-state index contributed by atoms with van der Waals surface area (Å²) in [4.78, 5) is 10.7. The van der Waals surface area contributed by atoms with Gasteiger partial charge < -0.3 is 5.11 Å². The molecule has 0 fully saturated rings. The monoisotopic (exact) mass is 268 g/mol. The van der Waals surface area contributed by atoms with Crippen molar-refractivity contribution >= 4 is 16.1 Å². The van der Waals surface area contributed by atoms with Crippen molar-refractivity contribution in [3.8, 4) is 11.8 Å². The van der Waals surface area contributed by atoms with Gasteiger partial charge in [0, 0.05) is 12.0 Å². The fraction of sp³-hybridized carbons (Fsp3) is 0.250. The van der Waals surface area contributed by atoms with E-state index in [1.807, 2.05) is 0 Å². The van der Waals surface area contributed by atoms with Crippen molar-refractivity contribution in [2.75, 3.05) is 12.9 Å². The first kappa shape index (κ1) is 14.2. The molecule has 0 saturated heterocycles. The van der Waals surface area contributed by atoms with E-state index in [0.717, 1.165) is 6.26 Å². The van der Waals surface area contributed by atoms with Crippen LogP contribution in [0.25, 0.3) is 0 Å². The van der Waals surface area contributed by atoms with Gasteiger partial charge in [-0.15, -0.1) is 0 Å². The molecule has 0 aliphatic rings. The summed E-state index contributed by atoms with van der Waals surface area (Å²) in [5.41, 5.74) is 0.725. The number of benzene rings is 1. The SMILES string of the molecule is CS(=O)(=O)OCCC#Cc1cccc(C(=O)O)c1. The molecule has 0 bridgehead atoms. The summed E-state index contributed by atoms with van der Waals surface area (Å²) in [6.07, 6.45) is 1.22. The van der Waals surface area contributed by atoms with Crippen molar-refractivity contribution in [1.29, 1.82) is 0 Å². The molecule has 0 atom stereocenters. The fourth-order valence-corrected chi connectivity index (χ4v) is 1.52. The zero-order chi connectivity index (χ0) is 13.6. The van der Waals surface area contributed by atoms with Crippen LogP contribution in [0.5, 0.6) is 0 Å². The highest BCUT2D eigenvalue weighted by molar-refractivity contribution is 7.85. The number of rotatable bonds is 4. The molecule has 0 aliphatic carbocycles. The number of hydrogen-bond acceptors (Lipinski definition) is 4. The third-order valence-corrected chi connectivity index (χ3v) is 2.46. The van der Waals surface area contributed by atoms with E-state index in [4.69, 9.17) is 5.11 Å². The predicted octanol–water partition coefficient (Wildman–Crippen LogP) is 1.10. The van der Waals surface area contributed by atoms with Gasteiger partial charge in [0.05, 0.1) is 18.4 Å². The van der Waals surface area contributed by atoms with Crippen molar-refractivity contribution in [3.05, 3.63) is 35.4 Å². The topological polar surface area (TPSA) is 80.7 Å². The molecule has 0 radical (unpaired) electrons. The summed E-state index contributed by atoms with van der Waals surface area (Å²) >= 11 is 0. The summed E-state index contributed by atoms with van der Waals surface area (Å²) in [5.74, 6) is 4.43. The van der Waals surface area contributed by atoms with Crippen molar-refractivity contribution in [1.82, 2.24) is 0 Å². The molecule has 1 rings (SSSR count). The van der Waals surface area contributed by atoms with Gasteiger partial charge in [-0.25, -0.2) is 4.79 Å². The van der Waals surface area contributed by atoms with Gasteiger partial charge >= 0.3 is 5.97 Å². The van der Waals surface area contributed by atoms with E-state index in [9.17, 15) is 13.2 Å². The number of carboxylic acids is 1. The molecular formula is C12H12O5S. The largest absolute Gasteiger partial charge is 0.478 e. The van der Waals surface area contributed by atoms with E-state index in [-0.39, 0.29) is 18.6 Å². The molecule has 0 aliphatic heterocycles. The Hall–Kier alpha value is -1.84. The number of carbonyl (C=O) groups is 1. The molecule has 1 aromatic carbocycles. The van der Waals surface area contributed by atoms with Gasteiger partial charge in [-0.2, -0.15) is 8.42 Å². The van der Waals surface area contributed by atoms with Crippen LogP contribution in [0.2, 0.25) is 0 Å². The fourth-order valence-electron chi connectivity index (χ4n) is 1.14. The molecule has 0 unspecified atom stereocenters. The molecule has 0 spiro atoms. The zero-order valence-electron chi connectivity index (χ0n) is 9.71. The lowest BCUT2D eigenvalue weighted by molar-refractivity contribution is 0.0697. The second-order valence-corrected chi connectivity index (χ2v) is 5.11. The van der Waals surface area contributed by atoms with Crippen LogP contribution >= 0.6 is 0 Å². The lowest BCUT2D eigenvalue weighted by atomic mass is 10.1. The summed E-state index contributed by atoms with van der Waals surface area (Å²) in [6.45, 7) is -0.00947. The Morgan fingerprint density at radius 1 is 1.44 bits per heavy atom. The average molecular weight is 268 g/mol. The second kappa shape index (κ2) is 6.19. The Balaban J connectivity index is 2.58. The summed E-state index contributed by atoms with van der Waals surface area (Å²) in [6, 6.07) is 6.20. The molecule has 0 amide bonds. The molecule has 18 heavy (non-hydrogen) atoms. The van der Waals surface area contributed by atoms with Gasteiger partial charge in [-0.3, -0.25) is 4.18 Å². The van der Waals surface area contributed by atoms with Crippen LogP contribution in [0.1, 0.15) is 22.3 Å². The van der Waals surface area contributed by atoms with Gasteiger partial charge in [0.2, 0.25) is 0 Å². The van der Waals surface area contributed by atoms with E-state index in [1.54, 1.807) is 12.1 Å². The van der Waals surface area contributed by atoms with Crippen LogP contribution in [0.15, 0.2) is 24.3 Å². The Labute approximate surface area is 106 Å². The molecule has 6 heteroatoms. The standard InChI is InChI=1S/C12H12O5S/c1-18(15,16)17-8-3-2-5-10-6-4-7-11(9-10)12(13)14/h4,6-7,9H,3,8H2,1H3,(H,13,14). The molecular weight excluding hydrogens is 256 g/mol. The highest BCUT2D eigenvalue weighted by atomic mass is 32.2. The highest BCUT2D eigenvalue weighted by Crippen LogP contribution is 2.03. The summed E-state index contributed by atoms with van der Waals surface area (Å²) in [7, 11) is -3.43. The summed E-state index contributed by atoms with van der Waals surface area (Å²) < 4.78 is 25.8. The molecule has 0 heterocycles. The lowest BCUT2D eigenvalue weighted by Gasteiger charge is -1.96. The summed E-state index contributed by atoms with van der Waals surface area (Å²) in [5, 5.41) is 8.77. The maximum atomic E-state index is 10.7. The second-order valence-electron chi connectivity index (χ2n) is 3.46. The molecule has 1 aromatic rings. The minimum absolute atomic E-state index is 0.00947. The van der Waals surface area contributed by atoms with Gasteiger partial charge in [0.25, 0.3) is 10.1 Å². The number of hydrogen-bond donors (Lipinski definition) is 1. The van der Waals surface area contributed by atoms with Gasteiger partial charge in [0.1, 0.15) is 0 Å². The number of aromatic carboxylic acids is 1. The first-order valence-electron chi connectivity index (χ1n) is 5.05. The van der Waals surface area contributed by atoms with Crippen LogP contribution in [0, 0.1) is 11.8 Å². The Morgan fingerprint density at radius 3 is 2.78 bits per heavy atom. The Bertz CT molecular complexity index is 592. The van der Waals surface area contributed by atoms with Crippen LogP contribution in [-0.4, -0.2) is 32.4 Å². The predicted molar refractivity (Wildman–Crippen MR) is 65.7 cm³/mol. The Kier molecular flexibility index (Phi) is 4.89. The van der Waals surface area contributed by atoms with Crippen LogP contribution < -0.4 is 0 Å². The van der Waals surface area contributed by atoms with Gasteiger partial charge in [0.15, 0.2) is 0 Å². The molecule has 0 aromatic heterocycles. The van der Waals surface area contributed by atoms with Crippen molar-refractivity contribution in [2.45, 2.75) is 6.42 Å². The zero-order valence-corrected chi connectivity index (χ0v) is 10.5. The minimum atomic E-state index is -3.43. The normalized spacial score (nSPS) is 10.5.